The van der Waals surface area contributed by atoms with Gasteiger partial charge in [-0.05, 0) is 19.1 Å². The molecule has 0 fully saturated rings. The molecule has 0 aliphatic rings. The average Bonchev–Trinajstić information content (AvgIpc) is 2.56. The Balaban J connectivity index is 2.51. The van der Waals surface area contributed by atoms with Crippen LogP contribution in [0.25, 0.3) is 0 Å². The highest BCUT2D eigenvalue weighted by atomic mass is 19.4. The van der Waals surface area contributed by atoms with Gasteiger partial charge in [-0.2, -0.15) is 26.3 Å². The third-order valence-corrected chi connectivity index (χ3v) is 3.65. The van der Waals surface area contributed by atoms with Crippen molar-refractivity contribution in [2.24, 2.45) is 0 Å². The second kappa shape index (κ2) is 7.52. The van der Waals surface area contributed by atoms with Crippen molar-refractivity contribution < 1.29 is 36.2 Å². The van der Waals surface area contributed by atoms with Crippen molar-refractivity contribution in [1.82, 2.24) is 4.98 Å². The van der Waals surface area contributed by atoms with E-state index in [-0.39, 0.29) is 17.8 Å². The molecule has 156 valence electrons. The van der Waals surface area contributed by atoms with Crippen LogP contribution in [0.3, 0.4) is 0 Å². The first kappa shape index (κ1) is 21.8. The van der Waals surface area contributed by atoms with Gasteiger partial charge in [0.2, 0.25) is 0 Å². The van der Waals surface area contributed by atoms with Gasteiger partial charge < -0.3 is 5.32 Å². The van der Waals surface area contributed by atoms with E-state index in [2.05, 4.69) is 10.3 Å². The Bertz CT molecular complexity index is 939. The minimum atomic E-state index is -5.08. The first-order chi connectivity index (χ1) is 13.2. The van der Waals surface area contributed by atoms with Crippen molar-refractivity contribution in [1.29, 1.82) is 0 Å². The number of aromatic nitrogens is 1. The number of rotatable bonds is 5. The number of nitro benzene ring substituents is 2. The minimum Gasteiger partial charge on any atom is -0.365 e. The van der Waals surface area contributed by atoms with E-state index < -0.39 is 62.6 Å². The summed E-state index contributed by atoms with van der Waals surface area (Å²) in [7, 11) is 0. The van der Waals surface area contributed by atoms with E-state index in [0.717, 1.165) is 6.07 Å². The lowest BCUT2D eigenvalue weighted by Gasteiger charge is -2.13. The molecular formula is C15H10F6N4O4. The molecule has 0 saturated carbocycles. The molecule has 0 spiro atoms. The van der Waals surface area contributed by atoms with Crippen LogP contribution in [0.15, 0.2) is 24.3 Å². The summed E-state index contributed by atoms with van der Waals surface area (Å²) in [6.45, 7) is 0.432. The number of benzene rings is 1. The number of pyridine rings is 1. The standard InChI is InChI=1S/C15H10F6N4O4/c1-7-2-8(14(16,17)18)5-13(23-7)22-6-10-11(24(26)27)3-9(15(19,20)21)4-12(10)25(28)29/h2-5H,6H2,1H3,(H,22,23). The van der Waals surface area contributed by atoms with Crippen LogP contribution < -0.4 is 5.32 Å². The SMILES string of the molecule is Cc1cc(C(F)(F)F)cc(NCc2c([N+](=O)[O-])cc(C(F)(F)F)cc2[N+](=O)[O-])n1. The number of hydrogen-bond donors (Lipinski definition) is 1. The minimum absolute atomic E-state index is 0.0706. The van der Waals surface area contributed by atoms with Gasteiger partial charge in [-0.1, -0.05) is 0 Å². The van der Waals surface area contributed by atoms with Crippen LogP contribution in [0.1, 0.15) is 22.4 Å². The molecule has 14 heteroatoms. The summed E-state index contributed by atoms with van der Waals surface area (Å²) in [5, 5.41) is 24.6. The van der Waals surface area contributed by atoms with Crippen LogP contribution in [-0.2, 0) is 18.9 Å². The van der Waals surface area contributed by atoms with Gasteiger partial charge in [0.05, 0.1) is 27.5 Å². The number of aryl methyl sites for hydroxylation is 1. The van der Waals surface area contributed by atoms with E-state index in [0.29, 0.717) is 6.07 Å². The van der Waals surface area contributed by atoms with E-state index in [1.165, 1.54) is 6.92 Å². The molecule has 0 radical (unpaired) electrons. The molecule has 1 aromatic carbocycles. The van der Waals surface area contributed by atoms with Crippen molar-refractivity contribution >= 4 is 17.2 Å². The predicted molar refractivity (Wildman–Crippen MR) is 86.1 cm³/mol. The summed E-state index contributed by atoms with van der Waals surface area (Å²) in [5.41, 5.74) is -5.93. The van der Waals surface area contributed by atoms with E-state index in [1.54, 1.807) is 0 Å². The highest BCUT2D eigenvalue weighted by Crippen LogP contribution is 2.38. The molecule has 0 amide bonds. The third-order valence-electron chi connectivity index (χ3n) is 3.65. The molecule has 0 aliphatic heterocycles. The van der Waals surface area contributed by atoms with Gasteiger partial charge in [-0.3, -0.25) is 20.2 Å². The van der Waals surface area contributed by atoms with Gasteiger partial charge >= 0.3 is 12.4 Å². The normalized spacial score (nSPS) is 12.0. The summed E-state index contributed by atoms with van der Waals surface area (Å²) in [5.74, 6) is -0.416. The van der Waals surface area contributed by atoms with Crippen LogP contribution in [0, 0.1) is 27.2 Å². The largest absolute Gasteiger partial charge is 0.416 e. The number of halogens is 6. The lowest BCUT2D eigenvalue weighted by molar-refractivity contribution is -0.395. The van der Waals surface area contributed by atoms with Crippen LogP contribution in [0.4, 0.5) is 43.5 Å². The van der Waals surface area contributed by atoms with E-state index in [9.17, 15) is 46.6 Å². The fourth-order valence-electron chi connectivity index (χ4n) is 2.41. The molecular weight excluding hydrogens is 414 g/mol. The fraction of sp³-hybridized carbons (Fsp3) is 0.267. The summed E-state index contributed by atoms with van der Waals surface area (Å²) in [6, 6.07) is 1.53. The number of nitrogens with one attached hydrogen (secondary N) is 1. The maximum atomic E-state index is 12.9. The Kier molecular flexibility index (Phi) is 5.67. The number of alkyl halides is 6. The van der Waals surface area contributed by atoms with Gasteiger partial charge in [0.25, 0.3) is 11.4 Å². The number of nitro groups is 2. The maximum Gasteiger partial charge on any atom is 0.416 e. The summed E-state index contributed by atoms with van der Waals surface area (Å²) in [4.78, 5) is 23.5. The molecule has 1 aromatic heterocycles. The molecule has 1 heterocycles. The molecule has 8 nitrogen and oxygen atoms in total. The van der Waals surface area contributed by atoms with Gasteiger partial charge in [0.1, 0.15) is 11.4 Å². The first-order valence-corrected chi connectivity index (χ1v) is 7.53. The predicted octanol–water partition coefficient (Wildman–Crippen LogP) is 4.86. The highest BCUT2D eigenvalue weighted by molar-refractivity contribution is 5.58. The molecule has 2 aromatic rings. The van der Waals surface area contributed by atoms with Crippen molar-refractivity contribution in [3.63, 3.8) is 0 Å². The molecule has 0 atom stereocenters. The van der Waals surface area contributed by atoms with Crippen molar-refractivity contribution in [2.75, 3.05) is 5.32 Å². The summed E-state index contributed by atoms with van der Waals surface area (Å²) >= 11 is 0. The number of anilines is 1. The quantitative estimate of drug-likeness (QED) is 0.417. The molecule has 0 saturated heterocycles. The first-order valence-electron chi connectivity index (χ1n) is 7.53. The van der Waals surface area contributed by atoms with Crippen LogP contribution in [0.2, 0.25) is 0 Å². The van der Waals surface area contributed by atoms with Crippen molar-refractivity contribution in [2.45, 2.75) is 25.8 Å². The van der Waals surface area contributed by atoms with E-state index in [1.807, 2.05) is 0 Å². The lowest BCUT2D eigenvalue weighted by atomic mass is 10.1. The third kappa shape index (κ3) is 5.08. The van der Waals surface area contributed by atoms with Crippen LogP contribution in [0.5, 0.6) is 0 Å². The zero-order valence-electron chi connectivity index (χ0n) is 14.3. The highest BCUT2D eigenvalue weighted by Gasteiger charge is 2.37. The average molecular weight is 424 g/mol. The Morgan fingerprint density at radius 1 is 0.897 bits per heavy atom. The second-order valence-electron chi connectivity index (χ2n) is 5.74. The van der Waals surface area contributed by atoms with Crippen LogP contribution >= 0.6 is 0 Å². The maximum absolute atomic E-state index is 12.9. The Morgan fingerprint density at radius 3 is 1.76 bits per heavy atom. The van der Waals surface area contributed by atoms with E-state index >= 15 is 0 Å². The number of hydrogen-bond acceptors (Lipinski definition) is 6. The molecule has 1 N–H and O–H groups in total. The Labute approximate surface area is 157 Å². The number of nitrogens with zero attached hydrogens (tertiary/aromatic N) is 3. The van der Waals surface area contributed by atoms with Gasteiger partial charge in [0, 0.05) is 17.8 Å². The second-order valence-corrected chi connectivity index (χ2v) is 5.74. The molecule has 0 bridgehead atoms. The Hall–Kier alpha value is -3.45. The molecule has 2 rings (SSSR count). The van der Waals surface area contributed by atoms with Crippen LogP contribution in [-0.4, -0.2) is 14.8 Å². The summed E-state index contributed by atoms with van der Waals surface area (Å²) in [6.07, 6.45) is -9.81. The topological polar surface area (TPSA) is 111 Å². The zero-order valence-corrected chi connectivity index (χ0v) is 14.3. The molecule has 29 heavy (non-hydrogen) atoms. The van der Waals surface area contributed by atoms with Crippen molar-refractivity contribution in [3.05, 3.63) is 66.9 Å². The smallest absolute Gasteiger partial charge is 0.365 e. The lowest BCUT2D eigenvalue weighted by Crippen LogP contribution is -2.13. The monoisotopic (exact) mass is 424 g/mol. The van der Waals surface area contributed by atoms with Gasteiger partial charge in [-0.15, -0.1) is 0 Å². The van der Waals surface area contributed by atoms with Gasteiger partial charge in [0.15, 0.2) is 0 Å². The Morgan fingerprint density at radius 2 is 1.34 bits per heavy atom. The molecule has 0 unspecified atom stereocenters. The van der Waals surface area contributed by atoms with E-state index in [4.69, 9.17) is 0 Å². The van der Waals surface area contributed by atoms with Gasteiger partial charge in [-0.25, -0.2) is 4.98 Å². The fourth-order valence-corrected chi connectivity index (χ4v) is 2.41. The zero-order chi connectivity index (χ0) is 22.1. The van der Waals surface area contributed by atoms with Crippen molar-refractivity contribution in [3.8, 4) is 0 Å². The summed E-state index contributed by atoms with van der Waals surface area (Å²) < 4.78 is 77.2. The molecule has 0 aliphatic carbocycles.